The highest BCUT2D eigenvalue weighted by atomic mass is 16.3. The Kier molecular flexibility index (Phi) is 5.08. The minimum atomic E-state index is -0.0942. The maximum Gasteiger partial charge on any atom is 0.253 e. The molecule has 0 aliphatic carbocycles. The van der Waals surface area contributed by atoms with Gasteiger partial charge in [-0.05, 0) is 31.8 Å². The van der Waals surface area contributed by atoms with E-state index in [1.54, 1.807) is 23.2 Å². The Morgan fingerprint density at radius 3 is 2.56 bits per heavy atom. The first-order valence-electron chi connectivity index (χ1n) is 9.01. The Balaban J connectivity index is 1.54. The van der Waals surface area contributed by atoms with Crippen LogP contribution in [0.1, 0.15) is 50.9 Å². The van der Waals surface area contributed by atoms with E-state index in [1.165, 1.54) is 0 Å². The molecular weight excluding hydrogens is 316 g/mol. The van der Waals surface area contributed by atoms with Crippen molar-refractivity contribution in [1.29, 1.82) is 0 Å². The van der Waals surface area contributed by atoms with Crippen LogP contribution in [0.4, 0.5) is 0 Å². The molecule has 0 amide bonds. The number of nitrogens with zero attached hydrogens (tertiary/aromatic N) is 4. The van der Waals surface area contributed by atoms with Crippen LogP contribution in [-0.2, 0) is 18.5 Å². The largest absolute Gasteiger partial charge is 0.449 e. The number of hydrogen-bond acceptors (Lipinski definition) is 5. The predicted molar refractivity (Wildman–Crippen MR) is 96.4 cm³/mol. The average Bonchev–Trinajstić information content (AvgIpc) is 2.95. The monoisotopic (exact) mass is 344 g/mol. The van der Waals surface area contributed by atoms with E-state index >= 15 is 0 Å². The first-order valence-corrected chi connectivity index (χ1v) is 9.01. The fraction of sp³-hybridized carbons (Fsp3) is 0.632. The molecule has 1 saturated heterocycles. The highest BCUT2D eigenvalue weighted by molar-refractivity contribution is 5.10. The maximum atomic E-state index is 12.4. The third-order valence-corrected chi connectivity index (χ3v) is 4.86. The lowest BCUT2D eigenvalue weighted by Crippen LogP contribution is -2.36. The highest BCUT2D eigenvalue weighted by Crippen LogP contribution is 2.21. The number of aryl methyl sites for hydroxylation is 1. The summed E-state index contributed by atoms with van der Waals surface area (Å²) in [4.78, 5) is 23.6. The van der Waals surface area contributed by atoms with Gasteiger partial charge in [-0.3, -0.25) is 14.3 Å². The van der Waals surface area contributed by atoms with E-state index in [0.29, 0.717) is 5.92 Å². The molecular formula is C19H28N4O2. The van der Waals surface area contributed by atoms with E-state index in [9.17, 15) is 4.79 Å². The Bertz CT molecular complexity index is 764. The topological polar surface area (TPSA) is 64.2 Å². The van der Waals surface area contributed by atoms with Crippen LogP contribution in [0.5, 0.6) is 0 Å². The van der Waals surface area contributed by atoms with Crippen LogP contribution in [-0.4, -0.2) is 32.5 Å². The first-order chi connectivity index (χ1) is 11.8. The van der Waals surface area contributed by atoms with Crippen LogP contribution in [0.25, 0.3) is 0 Å². The Morgan fingerprint density at radius 2 is 2.00 bits per heavy atom. The molecule has 0 atom stereocenters. The molecule has 0 bridgehead atoms. The van der Waals surface area contributed by atoms with Crippen LogP contribution in [0.3, 0.4) is 0 Å². The summed E-state index contributed by atoms with van der Waals surface area (Å²) in [7, 11) is 0. The van der Waals surface area contributed by atoms with Crippen molar-refractivity contribution >= 4 is 0 Å². The summed E-state index contributed by atoms with van der Waals surface area (Å²) in [6.45, 7) is 11.7. The van der Waals surface area contributed by atoms with Gasteiger partial charge in [0.05, 0.1) is 17.7 Å². The van der Waals surface area contributed by atoms with E-state index in [2.05, 4.69) is 35.6 Å². The second-order valence-electron chi connectivity index (χ2n) is 8.09. The molecule has 0 spiro atoms. The lowest BCUT2D eigenvalue weighted by atomic mass is 9.92. The van der Waals surface area contributed by atoms with Gasteiger partial charge in [-0.2, -0.15) is 0 Å². The first kappa shape index (κ1) is 17.9. The van der Waals surface area contributed by atoms with Crippen molar-refractivity contribution in [2.75, 3.05) is 13.1 Å². The Hall–Kier alpha value is -1.95. The van der Waals surface area contributed by atoms with Gasteiger partial charge in [0.1, 0.15) is 6.26 Å². The zero-order chi connectivity index (χ0) is 18.0. The molecule has 1 fully saturated rings. The summed E-state index contributed by atoms with van der Waals surface area (Å²) in [5.41, 5.74) is 1.81. The Labute approximate surface area is 148 Å². The van der Waals surface area contributed by atoms with Crippen molar-refractivity contribution in [1.82, 2.24) is 19.4 Å². The molecule has 1 aliphatic heterocycles. The Morgan fingerprint density at radius 1 is 1.28 bits per heavy atom. The van der Waals surface area contributed by atoms with E-state index in [4.69, 9.17) is 4.42 Å². The van der Waals surface area contributed by atoms with Crippen molar-refractivity contribution < 1.29 is 4.42 Å². The summed E-state index contributed by atoms with van der Waals surface area (Å²) in [6.07, 6.45) is 5.63. The zero-order valence-corrected chi connectivity index (χ0v) is 15.7. The SMILES string of the molecule is Cc1nc(CN2CCC(Cn3cnc(C(C)(C)C)cc3=O)CC2)co1. The van der Waals surface area contributed by atoms with Gasteiger partial charge < -0.3 is 4.42 Å². The van der Waals surface area contributed by atoms with Crippen LogP contribution in [0, 0.1) is 12.8 Å². The molecule has 0 radical (unpaired) electrons. The van der Waals surface area contributed by atoms with Gasteiger partial charge in [0.15, 0.2) is 5.89 Å². The zero-order valence-electron chi connectivity index (χ0n) is 15.7. The van der Waals surface area contributed by atoms with Crippen molar-refractivity contribution in [3.63, 3.8) is 0 Å². The molecule has 136 valence electrons. The third kappa shape index (κ3) is 4.57. The van der Waals surface area contributed by atoms with Crippen molar-refractivity contribution in [2.24, 2.45) is 5.92 Å². The highest BCUT2D eigenvalue weighted by Gasteiger charge is 2.22. The molecule has 3 heterocycles. The molecule has 2 aromatic rings. The van der Waals surface area contributed by atoms with E-state index in [1.807, 2.05) is 6.92 Å². The second-order valence-corrected chi connectivity index (χ2v) is 8.09. The molecule has 25 heavy (non-hydrogen) atoms. The number of hydrogen-bond donors (Lipinski definition) is 0. The predicted octanol–water partition coefficient (Wildman–Crippen LogP) is 2.75. The van der Waals surface area contributed by atoms with Crippen molar-refractivity contribution in [2.45, 2.75) is 59.0 Å². The van der Waals surface area contributed by atoms with Crippen molar-refractivity contribution in [3.05, 3.63) is 46.3 Å². The minimum Gasteiger partial charge on any atom is -0.449 e. The lowest BCUT2D eigenvalue weighted by Gasteiger charge is -2.31. The molecule has 0 saturated carbocycles. The minimum absolute atomic E-state index is 0.0560. The second kappa shape index (κ2) is 7.12. The molecule has 0 unspecified atom stereocenters. The summed E-state index contributed by atoms with van der Waals surface area (Å²) >= 11 is 0. The molecule has 1 aliphatic rings. The molecule has 6 nitrogen and oxygen atoms in total. The lowest BCUT2D eigenvalue weighted by molar-refractivity contribution is 0.164. The number of aromatic nitrogens is 3. The maximum absolute atomic E-state index is 12.4. The van der Waals surface area contributed by atoms with Crippen LogP contribution in [0.2, 0.25) is 0 Å². The normalized spacial score (nSPS) is 17.1. The van der Waals surface area contributed by atoms with Gasteiger partial charge in [-0.15, -0.1) is 0 Å². The third-order valence-electron chi connectivity index (χ3n) is 4.86. The smallest absolute Gasteiger partial charge is 0.253 e. The number of oxazole rings is 1. The number of piperidine rings is 1. The average molecular weight is 344 g/mol. The van der Waals surface area contributed by atoms with E-state index in [-0.39, 0.29) is 11.0 Å². The number of likely N-dealkylation sites (tertiary alicyclic amines) is 1. The van der Waals surface area contributed by atoms with Crippen molar-refractivity contribution in [3.8, 4) is 0 Å². The van der Waals surface area contributed by atoms with Gasteiger partial charge in [0, 0.05) is 31.5 Å². The summed E-state index contributed by atoms with van der Waals surface area (Å²) in [6, 6.07) is 1.68. The van der Waals surface area contributed by atoms with Gasteiger partial charge in [-0.25, -0.2) is 9.97 Å². The molecule has 3 rings (SSSR count). The fourth-order valence-electron chi connectivity index (χ4n) is 3.29. The molecule has 2 aromatic heterocycles. The fourth-order valence-corrected chi connectivity index (χ4v) is 3.29. The van der Waals surface area contributed by atoms with Gasteiger partial charge in [0.2, 0.25) is 0 Å². The van der Waals surface area contributed by atoms with Crippen LogP contribution in [0.15, 0.2) is 27.9 Å². The molecule has 0 aromatic carbocycles. The quantitative estimate of drug-likeness (QED) is 0.853. The summed E-state index contributed by atoms with van der Waals surface area (Å²) in [5, 5.41) is 0. The van der Waals surface area contributed by atoms with Gasteiger partial charge in [-0.1, -0.05) is 20.8 Å². The molecule has 6 heteroatoms. The molecule has 0 N–H and O–H groups in total. The standard InChI is InChI=1S/C19H28N4O2/c1-14-21-16(12-25-14)11-22-7-5-15(6-8-22)10-23-13-20-17(9-18(23)24)19(2,3)4/h9,12-13,15H,5-8,10-11H2,1-4H3. The van der Waals surface area contributed by atoms with E-state index in [0.717, 1.165) is 56.3 Å². The van der Waals surface area contributed by atoms with Crippen LogP contribution >= 0.6 is 0 Å². The van der Waals surface area contributed by atoms with Gasteiger partial charge >= 0.3 is 0 Å². The summed E-state index contributed by atoms with van der Waals surface area (Å²) < 4.78 is 7.03. The van der Waals surface area contributed by atoms with Gasteiger partial charge in [0.25, 0.3) is 5.56 Å². The van der Waals surface area contributed by atoms with Crippen LogP contribution < -0.4 is 5.56 Å². The summed E-state index contributed by atoms with van der Waals surface area (Å²) in [5.74, 6) is 1.24. The van der Waals surface area contributed by atoms with E-state index < -0.39 is 0 Å². The number of rotatable bonds is 4.